The predicted molar refractivity (Wildman–Crippen MR) is 110 cm³/mol. The van der Waals surface area contributed by atoms with Gasteiger partial charge in [0.1, 0.15) is 5.75 Å². The smallest absolute Gasteiger partial charge is 0.242 e. The quantitative estimate of drug-likeness (QED) is 0.742. The number of nitrogens with one attached hydrogen (secondary N) is 1. The summed E-state index contributed by atoms with van der Waals surface area (Å²) in [5.74, 6) is -0.0837. The Labute approximate surface area is 173 Å². The summed E-state index contributed by atoms with van der Waals surface area (Å²) in [4.78, 5) is 13.1. The van der Waals surface area contributed by atoms with E-state index >= 15 is 0 Å². The van der Waals surface area contributed by atoms with E-state index in [1.165, 1.54) is 0 Å². The Bertz CT molecular complexity index is 1050. The van der Waals surface area contributed by atoms with Crippen LogP contribution in [0.4, 0.5) is 0 Å². The summed E-state index contributed by atoms with van der Waals surface area (Å²) in [5.41, 5.74) is 0.893. The first-order valence-electron chi connectivity index (χ1n) is 9.25. The van der Waals surface area contributed by atoms with Crippen LogP contribution in [0.2, 0.25) is 0 Å². The lowest BCUT2D eigenvalue weighted by molar-refractivity contribution is -0.132. The standard InChI is InChI=1S/C21H22BrNO4S/c1-12(2)13-4-7-15(8-5-13)28(25,26)19-17-11-21(3,23-20(19)24)27-18-9-6-14(22)10-16(17)18/h4-10,12,17,19H,11H2,1-3H3,(H,23,24). The van der Waals surface area contributed by atoms with Gasteiger partial charge in [0.2, 0.25) is 5.91 Å². The van der Waals surface area contributed by atoms with Gasteiger partial charge >= 0.3 is 0 Å². The van der Waals surface area contributed by atoms with Crippen molar-refractivity contribution in [3.63, 3.8) is 0 Å². The van der Waals surface area contributed by atoms with Crippen LogP contribution in [0.3, 0.4) is 0 Å². The molecule has 0 saturated carbocycles. The molecule has 5 nitrogen and oxygen atoms in total. The van der Waals surface area contributed by atoms with Crippen molar-refractivity contribution in [2.45, 2.75) is 54.9 Å². The minimum Gasteiger partial charge on any atom is -0.468 e. The highest BCUT2D eigenvalue weighted by molar-refractivity contribution is 9.10. The first kappa shape index (κ1) is 19.5. The third kappa shape index (κ3) is 3.14. The molecule has 1 fully saturated rings. The summed E-state index contributed by atoms with van der Waals surface area (Å²) in [7, 11) is -3.87. The largest absolute Gasteiger partial charge is 0.468 e. The first-order chi connectivity index (χ1) is 13.1. The number of benzene rings is 2. The van der Waals surface area contributed by atoms with Crippen molar-refractivity contribution in [3.05, 3.63) is 58.1 Å². The van der Waals surface area contributed by atoms with Gasteiger partial charge in [-0.3, -0.25) is 4.79 Å². The lowest BCUT2D eigenvalue weighted by Gasteiger charge is -2.46. The van der Waals surface area contributed by atoms with Crippen molar-refractivity contribution < 1.29 is 17.9 Å². The molecule has 3 unspecified atom stereocenters. The molecule has 0 radical (unpaired) electrons. The molecule has 3 atom stereocenters. The normalized spacial score (nSPS) is 26.4. The van der Waals surface area contributed by atoms with E-state index in [-0.39, 0.29) is 4.90 Å². The SMILES string of the molecule is CC(C)c1ccc(S(=O)(=O)C2C(=O)NC3(C)CC2c2cc(Br)ccc2O3)cc1. The van der Waals surface area contributed by atoms with Crippen LogP contribution < -0.4 is 10.1 Å². The summed E-state index contributed by atoms with van der Waals surface area (Å²) in [6, 6.07) is 12.3. The Morgan fingerprint density at radius 1 is 1.18 bits per heavy atom. The van der Waals surface area contributed by atoms with Crippen LogP contribution in [0, 0.1) is 0 Å². The third-order valence-electron chi connectivity index (χ3n) is 5.54. The van der Waals surface area contributed by atoms with E-state index in [0.29, 0.717) is 18.1 Å². The Morgan fingerprint density at radius 2 is 1.86 bits per heavy atom. The molecule has 0 spiro atoms. The number of halogens is 1. The van der Waals surface area contributed by atoms with Gasteiger partial charge in [-0.25, -0.2) is 8.42 Å². The van der Waals surface area contributed by atoms with Crippen LogP contribution in [0.25, 0.3) is 0 Å². The zero-order valence-electron chi connectivity index (χ0n) is 15.9. The van der Waals surface area contributed by atoms with Crippen molar-refractivity contribution in [3.8, 4) is 5.75 Å². The second-order valence-corrected chi connectivity index (χ2v) is 11.0. The minimum atomic E-state index is -3.87. The molecule has 7 heteroatoms. The van der Waals surface area contributed by atoms with Gasteiger partial charge in [-0.05, 0) is 48.7 Å². The van der Waals surface area contributed by atoms with Crippen molar-refractivity contribution in [1.29, 1.82) is 0 Å². The highest BCUT2D eigenvalue weighted by Gasteiger charge is 2.54. The zero-order chi connectivity index (χ0) is 20.3. The Morgan fingerprint density at radius 3 is 2.50 bits per heavy atom. The van der Waals surface area contributed by atoms with Gasteiger partial charge < -0.3 is 10.1 Å². The van der Waals surface area contributed by atoms with Crippen LogP contribution in [-0.4, -0.2) is 25.3 Å². The number of sulfone groups is 1. The van der Waals surface area contributed by atoms with E-state index in [0.717, 1.165) is 15.6 Å². The fourth-order valence-electron chi connectivity index (χ4n) is 4.12. The number of rotatable bonds is 3. The van der Waals surface area contributed by atoms with E-state index in [9.17, 15) is 13.2 Å². The fourth-order valence-corrected chi connectivity index (χ4v) is 6.33. The second-order valence-electron chi connectivity index (χ2n) is 8.00. The van der Waals surface area contributed by atoms with E-state index in [4.69, 9.17) is 4.74 Å². The molecule has 2 aromatic carbocycles. The van der Waals surface area contributed by atoms with Crippen molar-refractivity contribution in [2.75, 3.05) is 0 Å². The van der Waals surface area contributed by atoms with Gasteiger partial charge in [0.05, 0.1) is 4.90 Å². The monoisotopic (exact) mass is 463 g/mol. The van der Waals surface area contributed by atoms with E-state index in [2.05, 4.69) is 35.1 Å². The molecule has 1 N–H and O–H groups in total. The number of carbonyl (C=O) groups is 1. The summed E-state index contributed by atoms with van der Waals surface area (Å²) < 4.78 is 33.7. The van der Waals surface area contributed by atoms with Gasteiger partial charge in [0.25, 0.3) is 0 Å². The second kappa shape index (κ2) is 6.59. The maximum Gasteiger partial charge on any atom is 0.242 e. The highest BCUT2D eigenvalue weighted by Crippen LogP contribution is 2.47. The Hall–Kier alpha value is -1.86. The van der Waals surface area contributed by atoms with Crippen LogP contribution in [0.1, 0.15) is 50.2 Å². The molecule has 2 aliphatic rings. The van der Waals surface area contributed by atoms with Crippen molar-refractivity contribution >= 4 is 31.7 Å². The molecular formula is C21H22BrNO4S. The minimum absolute atomic E-state index is 0.170. The molecule has 2 aliphatic heterocycles. The topological polar surface area (TPSA) is 72.5 Å². The first-order valence-corrected chi connectivity index (χ1v) is 11.6. The van der Waals surface area contributed by atoms with Gasteiger partial charge in [-0.15, -0.1) is 0 Å². The molecule has 4 rings (SSSR count). The molecule has 0 aromatic heterocycles. The number of ether oxygens (including phenoxy) is 1. The lowest BCUT2D eigenvalue weighted by atomic mass is 9.81. The average molecular weight is 464 g/mol. The molecule has 148 valence electrons. The summed E-state index contributed by atoms with van der Waals surface area (Å²) in [6.07, 6.45) is 0.399. The molecule has 28 heavy (non-hydrogen) atoms. The number of amides is 1. The van der Waals surface area contributed by atoms with Gasteiger partial charge in [-0.1, -0.05) is 41.9 Å². The zero-order valence-corrected chi connectivity index (χ0v) is 18.3. The van der Waals surface area contributed by atoms with Crippen LogP contribution in [-0.2, 0) is 14.6 Å². The summed E-state index contributed by atoms with van der Waals surface area (Å²) >= 11 is 3.44. The van der Waals surface area contributed by atoms with E-state index < -0.39 is 32.6 Å². The number of piperidine rings is 1. The van der Waals surface area contributed by atoms with Gasteiger partial charge in [0, 0.05) is 22.4 Å². The fraction of sp³-hybridized carbons (Fsp3) is 0.381. The number of hydrogen-bond donors (Lipinski definition) is 1. The van der Waals surface area contributed by atoms with Crippen molar-refractivity contribution in [1.82, 2.24) is 5.32 Å². The van der Waals surface area contributed by atoms with Crippen LogP contribution in [0.5, 0.6) is 5.75 Å². The summed E-state index contributed by atoms with van der Waals surface area (Å²) in [6.45, 7) is 5.88. The molecule has 1 saturated heterocycles. The number of hydrogen-bond acceptors (Lipinski definition) is 4. The number of fused-ring (bicyclic) bond motifs is 4. The van der Waals surface area contributed by atoms with Gasteiger partial charge in [-0.2, -0.15) is 0 Å². The van der Waals surface area contributed by atoms with Gasteiger partial charge in [0.15, 0.2) is 20.8 Å². The summed E-state index contributed by atoms with van der Waals surface area (Å²) in [5, 5.41) is 1.59. The lowest BCUT2D eigenvalue weighted by Crippen LogP contribution is -2.63. The molecule has 2 heterocycles. The molecular weight excluding hydrogens is 442 g/mol. The Balaban J connectivity index is 1.81. The van der Waals surface area contributed by atoms with Crippen LogP contribution in [0.15, 0.2) is 51.8 Å². The van der Waals surface area contributed by atoms with E-state index in [1.807, 2.05) is 30.3 Å². The third-order valence-corrected chi connectivity index (χ3v) is 8.17. The number of carbonyl (C=O) groups excluding carboxylic acids is 1. The van der Waals surface area contributed by atoms with Crippen LogP contribution >= 0.6 is 15.9 Å². The Kier molecular flexibility index (Phi) is 4.58. The molecule has 1 amide bonds. The molecule has 0 aliphatic carbocycles. The average Bonchev–Trinajstić information content (AvgIpc) is 2.61. The van der Waals surface area contributed by atoms with E-state index in [1.54, 1.807) is 19.1 Å². The van der Waals surface area contributed by atoms with Crippen molar-refractivity contribution in [2.24, 2.45) is 0 Å². The maximum atomic E-state index is 13.5. The molecule has 2 aromatic rings. The highest BCUT2D eigenvalue weighted by atomic mass is 79.9. The molecule has 2 bridgehead atoms. The predicted octanol–water partition coefficient (Wildman–Crippen LogP) is 4.13. The maximum absolute atomic E-state index is 13.5.